The molecular weight excluding hydrogens is 408 g/mol. The number of benzene rings is 3. The number of amides is 2. The number of hydrogen-bond donors (Lipinski definition) is 2. The number of carboxylic acids is 1. The number of primary amides is 1. The Hall–Kier alpha value is -4.13. The summed E-state index contributed by atoms with van der Waals surface area (Å²) < 4.78 is 5.81. The predicted octanol–water partition coefficient (Wildman–Crippen LogP) is 3.84. The van der Waals surface area contributed by atoms with Crippen LogP contribution in [0.1, 0.15) is 28.8 Å². The zero-order valence-electron chi connectivity index (χ0n) is 17.4. The monoisotopic (exact) mass is 432 g/mol. The van der Waals surface area contributed by atoms with Gasteiger partial charge in [0.05, 0.1) is 0 Å². The normalized spacial score (nSPS) is 11.4. The van der Waals surface area contributed by atoms with Crippen molar-refractivity contribution in [2.75, 3.05) is 0 Å². The summed E-state index contributed by atoms with van der Waals surface area (Å²) in [6.07, 6.45) is -0.226. The number of nitrogens with zero attached hydrogens (tertiary/aromatic N) is 1. The Morgan fingerprint density at radius 2 is 1.50 bits per heavy atom. The van der Waals surface area contributed by atoms with Gasteiger partial charge in [-0.2, -0.15) is 0 Å². The fourth-order valence-electron chi connectivity index (χ4n) is 3.28. The Morgan fingerprint density at radius 3 is 2.12 bits per heavy atom. The lowest BCUT2D eigenvalue weighted by Gasteiger charge is -2.29. The van der Waals surface area contributed by atoms with Gasteiger partial charge in [-0.15, -0.1) is 0 Å². The Labute approximate surface area is 186 Å². The average molecular weight is 432 g/mol. The van der Waals surface area contributed by atoms with Gasteiger partial charge in [-0.25, -0.2) is 4.79 Å². The van der Waals surface area contributed by atoms with E-state index in [4.69, 9.17) is 10.5 Å². The third-order valence-corrected chi connectivity index (χ3v) is 4.84. The summed E-state index contributed by atoms with van der Waals surface area (Å²) in [7, 11) is 0. The number of ether oxygens (including phenoxy) is 1. The van der Waals surface area contributed by atoms with Gasteiger partial charge < -0.3 is 20.5 Å². The fraction of sp³-hybridized carbons (Fsp3) is 0.160. The van der Waals surface area contributed by atoms with Crippen LogP contribution in [0.3, 0.4) is 0 Å². The van der Waals surface area contributed by atoms with Gasteiger partial charge in [0.15, 0.2) is 0 Å². The van der Waals surface area contributed by atoms with Crippen LogP contribution in [0.25, 0.3) is 0 Å². The number of hydrogen-bond acceptors (Lipinski definition) is 4. The SMILES string of the molecule is NC(=O)CC[C@@H](C(=O)O)N(Cc1ccccc1)C(=O)c1cccc(Oc2ccccc2)c1. The first-order valence-electron chi connectivity index (χ1n) is 10.1. The molecule has 0 saturated heterocycles. The molecule has 164 valence electrons. The molecule has 1 atom stereocenters. The molecule has 0 aliphatic rings. The van der Waals surface area contributed by atoms with Gasteiger partial charge in [-0.3, -0.25) is 9.59 Å². The molecule has 7 nitrogen and oxygen atoms in total. The van der Waals surface area contributed by atoms with Crippen LogP contribution in [-0.2, 0) is 16.1 Å². The van der Waals surface area contributed by atoms with Gasteiger partial charge in [0.25, 0.3) is 5.91 Å². The first-order chi connectivity index (χ1) is 15.4. The molecule has 3 aromatic carbocycles. The number of rotatable bonds is 10. The molecule has 0 aliphatic heterocycles. The second-order valence-corrected chi connectivity index (χ2v) is 7.22. The molecule has 3 rings (SSSR count). The van der Waals surface area contributed by atoms with Crippen molar-refractivity contribution in [2.45, 2.75) is 25.4 Å². The zero-order chi connectivity index (χ0) is 22.9. The highest BCUT2D eigenvalue weighted by Gasteiger charge is 2.31. The molecule has 7 heteroatoms. The minimum atomic E-state index is -1.21. The zero-order valence-corrected chi connectivity index (χ0v) is 17.4. The number of nitrogens with two attached hydrogens (primary N) is 1. The first-order valence-corrected chi connectivity index (χ1v) is 10.1. The molecule has 0 unspecified atom stereocenters. The molecular formula is C25H24N2O5. The van der Waals surface area contributed by atoms with Crippen molar-refractivity contribution in [1.29, 1.82) is 0 Å². The first kappa shape index (κ1) is 22.6. The minimum absolute atomic E-state index is 0.0686. The van der Waals surface area contributed by atoms with Crippen LogP contribution in [0, 0.1) is 0 Å². The lowest BCUT2D eigenvalue weighted by molar-refractivity contribution is -0.143. The van der Waals surface area contributed by atoms with E-state index in [1.54, 1.807) is 36.4 Å². The molecule has 0 bridgehead atoms. The number of carboxylic acid groups (broad SMARTS) is 1. The maximum Gasteiger partial charge on any atom is 0.326 e. The molecule has 3 N–H and O–H groups in total. The van der Waals surface area contributed by atoms with E-state index in [1.807, 2.05) is 48.5 Å². The predicted molar refractivity (Wildman–Crippen MR) is 119 cm³/mol. The van der Waals surface area contributed by atoms with Crippen LogP contribution >= 0.6 is 0 Å². The van der Waals surface area contributed by atoms with E-state index in [1.165, 1.54) is 4.90 Å². The van der Waals surface area contributed by atoms with Crippen LogP contribution < -0.4 is 10.5 Å². The van der Waals surface area contributed by atoms with Gasteiger partial charge in [0, 0.05) is 18.5 Å². The van der Waals surface area contributed by atoms with Crippen molar-refractivity contribution < 1.29 is 24.2 Å². The number of para-hydroxylation sites is 1. The summed E-state index contributed by atoms with van der Waals surface area (Å²) in [5.74, 6) is -1.24. The lowest BCUT2D eigenvalue weighted by Crippen LogP contribution is -2.45. The fourth-order valence-corrected chi connectivity index (χ4v) is 3.28. The molecule has 0 spiro atoms. The summed E-state index contributed by atoms with van der Waals surface area (Å²) in [5.41, 5.74) is 6.27. The molecule has 0 heterocycles. The quantitative estimate of drug-likeness (QED) is 0.506. The molecule has 2 amide bonds. The molecule has 0 aliphatic carbocycles. The van der Waals surface area contributed by atoms with E-state index >= 15 is 0 Å². The maximum atomic E-state index is 13.4. The van der Waals surface area contributed by atoms with E-state index in [2.05, 4.69) is 0 Å². The highest BCUT2D eigenvalue weighted by Crippen LogP contribution is 2.24. The van der Waals surface area contributed by atoms with Crippen LogP contribution in [0.4, 0.5) is 0 Å². The Balaban J connectivity index is 1.90. The largest absolute Gasteiger partial charge is 0.480 e. The summed E-state index contributed by atoms with van der Waals surface area (Å²) in [6.45, 7) is 0.0686. The van der Waals surface area contributed by atoms with Gasteiger partial charge in [-0.05, 0) is 42.3 Å². The molecule has 0 radical (unpaired) electrons. The summed E-state index contributed by atoms with van der Waals surface area (Å²) in [4.78, 5) is 38.0. The van der Waals surface area contributed by atoms with Gasteiger partial charge in [0.2, 0.25) is 5.91 Å². The van der Waals surface area contributed by atoms with E-state index < -0.39 is 23.8 Å². The molecule has 3 aromatic rings. The summed E-state index contributed by atoms with van der Waals surface area (Å²) in [6, 6.07) is 23.5. The molecule has 32 heavy (non-hydrogen) atoms. The molecule has 0 aromatic heterocycles. The van der Waals surface area contributed by atoms with Gasteiger partial charge in [-0.1, -0.05) is 54.6 Å². The highest BCUT2D eigenvalue weighted by molar-refractivity contribution is 5.97. The van der Waals surface area contributed by atoms with E-state index in [9.17, 15) is 19.5 Å². The second-order valence-electron chi connectivity index (χ2n) is 7.22. The molecule has 0 fully saturated rings. The Bertz CT molecular complexity index is 1070. The smallest absolute Gasteiger partial charge is 0.326 e. The van der Waals surface area contributed by atoms with Crippen LogP contribution in [0.15, 0.2) is 84.9 Å². The van der Waals surface area contributed by atoms with Gasteiger partial charge in [0.1, 0.15) is 17.5 Å². The van der Waals surface area contributed by atoms with Crippen LogP contribution in [0.2, 0.25) is 0 Å². The third-order valence-electron chi connectivity index (χ3n) is 4.84. The topological polar surface area (TPSA) is 110 Å². The Kier molecular flexibility index (Phi) is 7.59. The summed E-state index contributed by atoms with van der Waals surface area (Å²) in [5, 5.41) is 9.81. The minimum Gasteiger partial charge on any atom is -0.480 e. The van der Waals surface area contributed by atoms with Crippen LogP contribution in [0.5, 0.6) is 11.5 Å². The second kappa shape index (κ2) is 10.8. The van der Waals surface area contributed by atoms with Crippen molar-refractivity contribution in [2.24, 2.45) is 5.73 Å². The number of carbonyl (C=O) groups excluding carboxylic acids is 2. The average Bonchev–Trinajstić information content (AvgIpc) is 2.79. The van der Waals surface area contributed by atoms with Crippen molar-refractivity contribution in [3.05, 3.63) is 96.1 Å². The van der Waals surface area contributed by atoms with Crippen molar-refractivity contribution in [3.8, 4) is 11.5 Å². The van der Waals surface area contributed by atoms with E-state index in [0.717, 1.165) is 5.56 Å². The number of carbonyl (C=O) groups is 3. The van der Waals surface area contributed by atoms with Gasteiger partial charge >= 0.3 is 5.97 Å². The van der Waals surface area contributed by atoms with E-state index in [-0.39, 0.29) is 24.9 Å². The highest BCUT2D eigenvalue weighted by atomic mass is 16.5. The standard InChI is InChI=1S/C25H24N2O5/c26-23(28)15-14-22(25(30)31)27(17-18-8-3-1-4-9-18)24(29)19-10-7-13-21(16-19)32-20-11-5-2-6-12-20/h1-13,16,22H,14-15,17H2,(H2,26,28)(H,30,31)/t22-/m0/s1. The third kappa shape index (κ3) is 6.18. The number of aliphatic carboxylic acids is 1. The van der Waals surface area contributed by atoms with Crippen LogP contribution in [-0.4, -0.2) is 33.8 Å². The Morgan fingerprint density at radius 1 is 0.875 bits per heavy atom. The lowest BCUT2D eigenvalue weighted by atomic mass is 10.1. The molecule has 0 saturated carbocycles. The van der Waals surface area contributed by atoms with E-state index in [0.29, 0.717) is 11.5 Å². The van der Waals surface area contributed by atoms with Crippen molar-refractivity contribution in [3.63, 3.8) is 0 Å². The van der Waals surface area contributed by atoms with Crippen molar-refractivity contribution in [1.82, 2.24) is 4.90 Å². The summed E-state index contributed by atoms with van der Waals surface area (Å²) >= 11 is 0. The maximum absolute atomic E-state index is 13.4. The van der Waals surface area contributed by atoms with Crippen molar-refractivity contribution >= 4 is 17.8 Å².